The number of aryl methyl sites for hydroxylation is 1. The Labute approximate surface area is 105 Å². The minimum atomic E-state index is -0.223. The molecule has 94 valence electrons. The predicted molar refractivity (Wildman–Crippen MR) is 67.3 cm³/mol. The van der Waals surface area contributed by atoms with E-state index in [2.05, 4.69) is 15.5 Å². The van der Waals surface area contributed by atoms with Crippen LogP contribution in [0.4, 0.5) is 0 Å². The number of hydrogen-bond acceptors (Lipinski definition) is 3. The second kappa shape index (κ2) is 4.91. The number of rotatable bonds is 3. The average molecular weight is 245 g/mol. The average Bonchev–Trinajstić information content (AvgIpc) is 2.86. The molecule has 1 heterocycles. The number of aromatic nitrogens is 2. The van der Waals surface area contributed by atoms with Crippen LogP contribution in [0, 0.1) is 6.92 Å². The van der Waals surface area contributed by atoms with Crippen LogP contribution in [0.15, 0.2) is 30.6 Å². The molecule has 0 aliphatic carbocycles. The van der Waals surface area contributed by atoms with Crippen LogP contribution in [0.5, 0.6) is 5.75 Å². The van der Waals surface area contributed by atoms with Gasteiger partial charge in [0, 0.05) is 17.3 Å². The van der Waals surface area contributed by atoms with E-state index in [-0.39, 0.29) is 17.7 Å². The molecule has 0 aliphatic heterocycles. The molecule has 1 aromatic heterocycles. The lowest BCUT2D eigenvalue weighted by Crippen LogP contribution is -2.26. The van der Waals surface area contributed by atoms with E-state index in [0.29, 0.717) is 5.56 Å². The first-order valence-corrected chi connectivity index (χ1v) is 5.67. The maximum absolute atomic E-state index is 12.0. The molecule has 0 saturated carbocycles. The number of aromatic hydroxyl groups is 1. The molecule has 5 nitrogen and oxygen atoms in total. The van der Waals surface area contributed by atoms with Gasteiger partial charge in [-0.1, -0.05) is 6.07 Å². The monoisotopic (exact) mass is 245 g/mol. The first-order valence-electron chi connectivity index (χ1n) is 5.67. The number of H-pyrrole nitrogens is 1. The zero-order chi connectivity index (χ0) is 13.1. The first-order chi connectivity index (χ1) is 8.58. The van der Waals surface area contributed by atoms with Gasteiger partial charge in [-0.3, -0.25) is 9.89 Å². The largest absolute Gasteiger partial charge is 0.508 e. The molecule has 5 heteroatoms. The van der Waals surface area contributed by atoms with Crippen molar-refractivity contribution >= 4 is 5.91 Å². The molecule has 0 aliphatic rings. The number of benzene rings is 1. The Morgan fingerprint density at radius 3 is 2.89 bits per heavy atom. The van der Waals surface area contributed by atoms with Crippen molar-refractivity contribution in [2.75, 3.05) is 0 Å². The molecule has 0 radical (unpaired) electrons. The number of hydrogen-bond donors (Lipinski definition) is 3. The van der Waals surface area contributed by atoms with Gasteiger partial charge in [0.1, 0.15) is 5.75 Å². The molecule has 18 heavy (non-hydrogen) atoms. The van der Waals surface area contributed by atoms with Gasteiger partial charge >= 0.3 is 0 Å². The quantitative estimate of drug-likeness (QED) is 0.773. The number of nitrogens with one attached hydrogen (secondary N) is 2. The van der Waals surface area contributed by atoms with Gasteiger partial charge in [-0.25, -0.2) is 0 Å². The summed E-state index contributed by atoms with van der Waals surface area (Å²) in [6.07, 6.45) is 3.40. The lowest BCUT2D eigenvalue weighted by molar-refractivity contribution is 0.0939. The van der Waals surface area contributed by atoms with E-state index in [1.807, 2.05) is 6.92 Å². The smallest absolute Gasteiger partial charge is 0.251 e. The van der Waals surface area contributed by atoms with E-state index in [9.17, 15) is 9.90 Å². The Bertz CT molecular complexity index is 549. The number of phenols is 1. The van der Waals surface area contributed by atoms with Crippen LogP contribution in [0.3, 0.4) is 0 Å². The third-order valence-corrected chi connectivity index (χ3v) is 2.84. The third-order valence-electron chi connectivity index (χ3n) is 2.84. The van der Waals surface area contributed by atoms with Crippen LogP contribution in [0.2, 0.25) is 0 Å². The summed E-state index contributed by atoms with van der Waals surface area (Å²) in [5.74, 6) is -0.0994. The topological polar surface area (TPSA) is 78.0 Å². The van der Waals surface area contributed by atoms with Gasteiger partial charge in [-0.2, -0.15) is 5.10 Å². The standard InChI is InChI=1S/C13H15N3O2/c1-8-3-4-10(5-12(8)17)13(18)16-9(2)11-6-14-15-7-11/h3-7,9,17H,1-2H3,(H,14,15)(H,16,18). The number of carbonyl (C=O) groups is 1. The molecule has 3 N–H and O–H groups in total. The van der Waals surface area contributed by atoms with E-state index >= 15 is 0 Å². The van der Waals surface area contributed by atoms with Gasteiger partial charge < -0.3 is 10.4 Å². The summed E-state index contributed by atoms with van der Waals surface area (Å²) in [6.45, 7) is 3.65. The van der Waals surface area contributed by atoms with E-state index < -0.39 is 0 Å². The first kappa shape index (κ1) is 12.2. The van der Waals surface area contributed by atoms with Crippen molar-refractivity contribution in [3.63, 3.8) is 0 Å². The van der Waals surface area contributed by atoms with Gasteiger partial charge in [0.2, 0.25) is 0 Å². The van der Waals surface area contributed by atoms with Crippen LogP contribution >= 0.6 is 0 Å². The molecule has 1 unspecified atom stereocenters. The fraction of sp³-hybridized carbons (Fsp3) is 0.231. The maximum atomic E-state index is 12.0. The number of nitrogens with zero attached hydrogens (tertiary/aromatic N) is 1. The highest BCUT2D eigenvalue weighted by molar-refractivity contribution is 5.94. The fourth-order valence-electron chi connectivity index (χ4n) is 1.61. The van der Waals surface area contributed by atoms with Crippen LogP contribution in [0.25, 0.3) is 0 Å². The minimum absolute atomic E-state index is 0.124. The second-order valence-electron chi connectivity index (χ2n) is 4.23. The van der Waals surface area contributed by atoms with Gasteiger partial charge in [0.05, 0.1) is 12.2 Å². The molecule has 0 spiro atoms. The highest BCUT2D eigenvalue weighted by atomic mass is 16.3. The molecular weight excluding hydrogens is 230 g/mol. The molecule has 0 fully saturated rings. The minimum Gasteiger partial charge on any atom is -0.508 e. The van der Waals surface area contributed by atoms with Crippen molar-refractivity contribution in [1.82, 2.24) is 15.5 Å². The maximum Gasteiger partial charge on any atom is 0.251 e. The fourth-order valence-corrected chi connectivity index (χ4v) is 1.61. The van der Waals surface area contributed by atoms with Crippen molar-refractivity contribution in [3.8, 4) is 5.75 Å². The molecule has 2 aromatic rings. The second-order valence-corrected chi connectivity index (χ2v) is 4.23. The number of carbonyl (C=O) groups excluding carboxylic acids is 1. The van der Waals surface area contributed by atoms with E-state index in [1.165, 1.54) is 6.07 Å². The lowest BCUT2D eigenvalue weighted by atomic mass is 10.1. The SMILES string of the molecule is Cc1ccc(C(=O)NC(C)c2cn[nH]c2)cc1O. The van der Waals surface area contributed by atoms with Crippen LogP contribution in [-0.2, 0) is 0 Å². The van der Waals surface area contributed by atoms with Crippen molar-refractivity contribution in [3.05, 3.63) is 47.3 Å². The predicted octanol–water partition coefficient (Wildman–Crippen LogP) is 1.91. The van der Waals surface area contributed by atoms with Gasteiger partial charge in [-0.15, -0.1) is 0 Å². The molecular formula is C13H15N3O2. The van der Waals surface area contributed by atoms with Crippen molar-refractivity contribution in [2.45, 2.75) is 19.9 Å². The molecule has 1 atom stereocenters. The molecule has 1 aromatic carbocycles. The normalized spacial score (nSPS) is 12.1. The Morgan fingerprint density at radius 2 is 2.28 bits per heavy atom. The lowest BCUT2D eigenvalue weighted by Gasteiger charge is -2.12. The Morgan fingerprint density at radius 1 is 1.50 bits per heavy atom. The summed E-state index contributed by atoms with van der Waals surface area (Å²) in [5.41, 5.74) is 2.09. The van der Waals surface area contributed by atoms with E-state index in [0.717, 1.165) is 11.1 Å². The number of aromatic amines is 1. The Kier molecular flexibility index (Phi) is 3.32. The van der Waals surface area contributed by atoms with Gasteiger partial charge in [0.15, 0.2) is 0 Å². The van der Waals surface area contributed by atoms with Crippen LogP contribution in [0.1, 0.15) is 34.5 Å². The Balaban J connectivity index is 2.10. The van der Waals surface area contributed by atoms with Crippen molar-refractivity contribution in [1.29, 1.82) is 0 Å². The number of amides is 1. The van der Waals surface area contributed by atoms with Crippen molar-refractivity contribution < 1.29 is 9.90 Å². The van der Waals surface area contributed by atoms with Crippen LogP contribution in [-0.4, -0.2) is 21.2 Å². The van der Waals surface area contributed by atoms with E-state index in [1.54, 1.807) is 31.5 Å². The molecule has 1 amide bonds. The summed E-state index contributed by atoms with van der Waals surface area (Å²) in [7, 11) is 0. The zero-order valence-corrected chi connectivity index (χ0v) is 10.3. The third kappa shape index (κ3) is 2.51. The van der Waals surface area contributed by atoms with E-state index in [4.69, 9.17) is 0 Å². The summed E-state index contributed by atoms with van der Waals surface area (Å²) >= 11 is 0. The zero-order valence-electron chi connectivity index (χ0n) is 10.3. The summed E-state index contributed by atoms with van der Waals surface area (Å²) in [4.78, 5) is 12.0. The Hall–Kier alpha value is -2.30. The summed E-state index contributed by atoms with van der Waals surface area (Å²) < 4.78 is 0. The molecule has 0 saturated heterocycles. The van der Waals surface area contributed by atoms with Crippen LogP contribution < -0.4 is 5.32 Å². The number of phenolic OH excluding ortho intramolecular Hbond substituents is 1. The molecule has 0 bridgehead atoms. The van der Waals surface area contributed by atoms with Crippen molar-refractivity contribution in [2.24, 2.45) is 0 Å². The molecule has 2 rings (SSSR count). The van der Waals surface area contributed by atoms with Gasteiger partial charge in [-0.05, 0) is 31.5 Å². The summed E-state index contributed by atoms with van der Waals surface area (Å²) in [5, 5.41) is 18.9. The highest BCUT2D eigenvalue weighted by Gasteiger charge is 2.12. The van der Waals surface area contributed by atoms with Gasteiger partial charge in [0.25, 0.3) is 5.91 Å². The highest BCUT2D eigenvalue weighted by Crippen LogP contribution is 2.18. The summed E-state index contributed by atoms with van der Waals surface area (Å²) in [6, 6.07) is 4.73.